The third-order valence-electron chi connectivity index (χ3n) is 4.10. The smallest absolute Gasteiger partial charge is 0.315 e. The fraction of sp³-hybridized carbons (Fsp3) is 0.579. The van der Waals surface area contributed by atoms with Crippen LogP contribution in [0, 0.1) is 0 Å². The number of hydrogen-bond donors (Lipinski definition) is 3. The molecular formula is C19H29N3O3. The van der Waals surface area contributed by atoms with E-state index in [0.29, 0.717) is 13.1 Å². The van der Waals surface area contributed by atoms with E-state index in [9.17, 15) is 9.59 Å². The van der Waals surface area contributed by atoms with Gasteiger partial charge in [0.15, 0.2) is 0 Å². The molecule has 3 N–H and O–H groups in total. The van der Waals surface area contributed by atoms with Gasteiger partial charge in [0.25, 0.3) is 0 Å². The summed E-state index contributed by atoms with van der Waals surface area (Å²) in [4.78, 5) is 23.4. The number of hydrogen-bond acceptors (Lipinski definition) is 3. The maximum Gasteiger partial charge on any atom is 0.315 e. The molecule has 1 aromatic rings. The van der Waals surface area contributed by atoms with Gasteiger partial charge in [-0.05, 0) is 45.6 Å². The van der Waals surface area contributed by atoms with E-state index in [2.05, 4.69) is 16.0 Å². The van der Waals surface area contributed by atoms with Crippen molar-refractivity contribution in [2.45, 2.75) is 64.6 Å². The monoisotopic (exact) mass is 347 g/mol. The molecule has 0 heterocycles. The van der Waals surface area contributed by atoms with Gasteiger partial charge in [0.2, 0.25) is 5.91 Å². The van der Waals surface area contributed by atoms with Crippen molar-refractivity contribution < 1.29 is 14.3 Å². The Morgan fingerprint density at radius 2 is 1.88 bits per heavy atom. The first-order chi connectivity index (χ1) is 12.0. The second kappa shape index (κ2) is 9.91. The summed E-state index contributed by atoms with van der Waals surface area (Å²) < 4.78 is 6.06. The molecule has 0 aromatic heterocycles. The molecule has 0 bridgehead atoms. The van der Waals surface area contributed by atoms with Crippen molar-refractivity contribution in [2.75, 3.05) is 6.54 Å². The Balaban J connectivity index is 1.73. The lowest BCUT2D eigenvalue weighted by molar-refractivity contribution is -0.121. The van der Waals surface area contributed by atoms with Crippen molar-refractivity contribution in [3.63, 3.8) is 0 Å². The number of rotatable bonds is 8. The molecule has 1 aromatic carbocycles. The topological polar surface area (TPSA) is 79.5 Å². The van der Waals surface area contributed by atoms with Gasteiger partial charge in [-0.3, -0.25) is 4.79 Å². The predicted molar refractivity (Wildman–Crippen MR) is 97.5 cm³/mol. The zero-order chi connectivity index (χ0) is 18.1. The van der Waals surface area contributed by atoms with Gasteiger partial charge in [-0.15, -0.1) is 0 Å². The van der Waals surface area contributed by atoms with E-state index in [1.165, 1.54) is 12.8 Å². The Kier molecular flexibility index (Phi) is 7.57. The predicted octanol–water partition coefficient (Wildman–Crippen LogP) is 2.72. The number of carbonyl (C=O) groups is 2. The number of nitrogens with one attached hydrogen (secondary N) is 3. The minimum atomic E-state index is -0.284. The fourth-order valence-electron chi connectivity index (χ4n) is 2.87. The van der Waals surface area contributed by atoms with Crippen LogP contribution < -0.4 is 20.7 Å². The number of amides is 3. The van der Waals surface area contributed by atoms with Crippen LogP contribution in [-0.4, -0.2) is 30.6 Å². The van der Waals surface area contributed by atoms with Crippen LogP contribution in [0.4, 0.5) is 4.79 Å². The quantitative estimate of drug-likeness (QED) is 0.676. The Morgan fingerprint density at radius 3 is 2.60 bits per heavy atom. The molecule has 0 atom stereocenters. The maximum atomic E-state index is 11.9. The molecule has 3 amide bonds. The molecule has 6 heteroatoms. The highest BCUT2D eigenvalue weighted by Gasteiger charge is 2.17. The van der Waals surface area contributed by atoms with Gasteiger partial charge in [0.05, 0.1) is 6.10 Å². The SMILES string of the molecule is CC(C)NC(=O)CCNC(=O)NCc1ccccc1OC1CCCC1. The van der Waals surface area contributed by atoms with Crippen LogP contribution in [0.5, 0.6) is 5.75 Å². The van der Waals surface area contributed by atoms with Crippen LogP contribution in [0.2, 0.25) is 0 Å². The molecule has 2 rings (SSSR count). The summed E-state index contributed by atoms with van der Waals surface area (Å²) in [5, 5.41) is 8.30. The minimum Gasteiger partial charge on any atom is -0.490 e. The average Bonchev–Trinajstić information content (AvgIpc) is 3.06. The first kappa shape index (κ1) is 19.1. The van der Waals surface area contributed by atoms with Crippen LogP contribution in [-0.2, 0) is 11.3 Å². The molecular weight excluding hydrogens is 318 g/mol. The molecule has 0 radical (unpaired) electrons. The van der Waals surface area contributed by atoms with Crippen molar-refractivity contribution in [2.24, 2.45) is 0 Å². The molecule has 25 heavy (non-hydrogen) atoms. The lowest BCUT2D eigenvalue weighted by Crippen LogP contribution is -2.38. The van der Waals surface area contributed by atoms with Gasteiger partial charge in [-0.2, -0.15) is 0 Å². The first-order valence-corrected chi connectivity index (χ1v) is 9.10. The molecule has 1 saturated carbocycles. The number of urea groups is 1. The molecule has 1 fully saturated rings. The lowest BCUT2D eigenvalue weighted by Gasteiger charge is -2.17. The average molecular weight is 347 g/mol. The molecule has 0 saturated heterocycles. The Bertz CT molecular complexity index is 569. The van der Waals surface area contributed by atoms with E-state index in [1.807, 2.05) is 38.1 Å². The molecule has 6 nitrogen and oxygen atoms in total. The summed E-state index contributed by atoms with van der Waals surface area (Å²) >= 11 is 0. The van der Waals surface area contributed by atoms with Crippen molar-refractivity contribution in [1.29, 1.82) is 0 Å². The van der Waals surface area contributed by atoms with Gasteiger partial charge >= 0.3 is 6.03 Å². The van der Waals surface area contributed by atoms with Crippen molar-refractivity contribution in [3.05, 3.63) is 29.8 Å². The third kappa shape index (κ3) is 7.03. The minimum absolute atomic E-state index is 0.0643. The van der Waals surface area contributed by atoms with E-state index in [4.69, 9.17) is 4.74 Å². The van der Waals surface area contributed by atoms with Gasteiger partial charge in [0, 0.05) is 31.1 Å². The third-order valence-corrected chi connectivity index (χ3v) is 4.10. The van der Waals surface area contributed by atoms with Crippen LogP contribution in [0.15, 0.2) is 24.3 Å². The van der Waals surface area contributed by atoms with E-state index < -0.39 is 0 Å². The van der Waals surface area contributed by atoms with E-state index >= 15 is 0 Å². The summed E-state index contributed by atoms with van der Waals surface area (Å²) in [7, 11) is 0. The zero-order valence-electron chi connectivity index (χ0n) is 15.1. The summed E-state index contributed by atoms with van der Waals surface area (Å²) in [6, 6.07) is 7.61. The van der Waals surface area contributed by atoms with Crippen LogP contribution in [0.25, 0.3) is 0 Å². The number of benzene rings is 1. The van der Waals surface area contributed by atoms with Gasteiger partial charge in [-0.1, -0.05) is 18.2 Å². The Labute approximate surface area is 149 Å². The van der Waals surface area contributed by atoms with Gasteiger partial charge < -0.3 is 20.7 Å². The van der Waals surface area contributed by atoms with Gasteiger partial charge in [0.1, 0.15) is 5.75 Å². The number of carbonyl (C=O) groups excluding carboxylic acids is 2. The van der Waals surface area contributed by atoms with Crippen LogP contribution in [0.1, 0.15) is 51.5 Å². The largest absolute Gasteiger partial charge is 0.490 e. The summed E-state index contributed by atoms with van der Waals surface area (Å²) in [5.74, 6) is 0.775. The Hall–Kier alpha value is -2.24. The maximum absolute atomic E-state index is 11.9. The van der Waals surface area contributed by atoms with Crippen molar-refractivity contribution in [1.82, 2.24) is 16.0 Å². The molecule has 0 unspecified atom stereocenters. The molecule has 0 spiro atoms. The highest BCUT2D eigenvalue weighted by molar-refractivity contribution is 5.78. The van der Waals surface area contributed by atoms with Crippen LogP contribution >= 0.6 is 0 Å². The van der Waals surface area contributed by atoms with Crippen molar-refractivity contribution in [3.8, 4) is 5.75 Å². The Morgan fingerprint density at radius 1 is 1.16 bits per heavy atom. The normalized spacial score (nSPS) is 14.4. The van der Waals surface area contributed by atoms with E-state index in [1.54, 1.807) is 0 Å². The van der Waals surface area contributed by atoms with Gasteiger partial charge in [-0.25, -0.2) is 4.79 Å². The van der Waals surface area contributed by atoms with Crippen LogP contribution in [0.3, 0.4) is 0 Å². The molecule has 0 aliphatic heterocycles. The van der Waals surface area contributed by atoms with E-state index in [0.717, 1.165) is 24.2 Å². The first-order valence-electron chi connectivity index (χ1n) is 9.10. The highest BCUT2D eigenvalue weighted by atomic mass is 16.5. The number of para-hydroxylation sites is 1. The lowest BCUT2D eigenvalue weighted by atomic mass is 10.2. The fourth-order valence-corrected chi connectivity index (χ4v) is 2.87. The standard InChI is InChI=1S/C19H29N3O3/c1-14(2)22-18(23)11-12-20-19(24)21-13-15-7-3-6-10-17(15)25-16-8-4-5-9-16/h3,6-7,10,14,16H,4-5,8-9,11-13H2,1-2H3,(H,22,23)(H2,20,21,24). The molecule has 1 aliphatic carbocycles. The number of ether oxygens (including phenoxy) is 1. The highest BCUT2D eigenvalue weighted by Crippen LogP contribution is 2.26. The van der Waals surface area contributed by atoms with E-state index in [-0.39, 0.29) is 30.5 Å². The summed E-state index contributed by atoms with van der Waals surface area (Å²) in [5.41, 5.74) is 0.960. The molecule has 138 valence electrons. The second-order valence-electron chi connectivity index (χ2n) is 6.71. The van der Waals surface area contributed by atoms with Crippen molar-refractivity contribution >= 4 is 11.9 Å². The summed E-state index contributed by atoms with van der Waals surface area (Å²) in [6.07, 6.45) is 5.19. The second-order valence-corrected chi connectivity index (χ2v) is 6.71. The molecule has 1 aliphatic rings. The zero-order valence-corrected chi connectivity index (χ0v) is 15.1. The summed E-state index contributed by atoms with van der Waals surface area (Å²) in [6.45, 7) is 4.52.